The molecule has 0 aliphatic carbocycles. The molecule has 5 heteroatoms. The summed E-state index contributed by atoms with van der Waals surface area (Å²) in [5, 5.41) is 0. The molecule has 2 unspecified atom stereocenters. The molecule has 0 amide bonds. The maximum atomic E-state index is 11.2. The number of nitrogens with two attached hydrogens (primary N) is 1. The molecule has 0 heterocycles. The minimum Gasteiger partial charge on any atom is -0.434 e. The average Bonchev–Trinajstić information content (AvgIpc) is 2.15. The first kappa shape index (κ1) is 12.9. The van der Waals surface area contributed by atoms with Crippen LogP contribution in [0.1, 0.15) is 27.2 Å². The third-order valence-corrected chi connectivity index (χ3v) is 1.98. The van der Waals surface area contributed by atoms with Gasteiger partial charge in [-0.05, 0) is 12.8 Å². The number of rotatable bonds is 4. The van der Waals surface area contributed by atoms with Crippen LogP contribution in [0, 0.1) is 5.92 Å². The van der Waals surface area contributed by atoms with Crippen LogP contribution in [0.4, 0.5) is 4.79 Å². The van der Waals surface area contributed by atoms with Crippen LogP contribution in [0.15, 0.2) is 0 Å². The van der Waals surface area contributed by atoms with Gasteiger partial charge in [0.25, 0.3) is 0 Å². The van der Waals surface area contributed by atoms with Gasteiger partial charge in [0.1, 0.15) is 6.04 Å². The van der Waals surface area contributed by atoms with E-state index in [-0.39, 0.29) is 12.5 Å². The van der Waals surface area contributed by atoms with Gasteiger partial charge in [-0.3, -0.25) is 0 Å². The summed E-state index contributed by atoms with van der Waals surface area (Å²) in [7, 11) is 0. The molecule has 0 saturated carbocycles. The van der Waals surface area contributed by atoms with Crippen LogP contribution in [0.25, 0.3) is 0 Å². The largest absolute Gasteiger partial charge is 0.516 e. The van der Waals surface area contributed by atoms with Crippen LogP contribution in [0.5, 0.6) is 0 Å². The van der Waals surface area contributed by atoms with Crippen LogP contribution in [0.3, 0.4) is 0 Å². The monoisotopic (exact) mass is 203 g/mol. The van der Waals surface area contributed by atoms with E-state index in [1.165, 1.54) is 0 Å². The van der Waals surface area contributed by atoms with Gasteiger partial charge in [0.2, 0.25) is 0 Å². The topological polar surface area (TPSA) is 78.6 Å². The first-order valence-electron chi connectivity index (χ1n) is 4.66. The van der Waals surface area contributed by atoms with Gasteiger partial charge in [0, 0.05) is 0 Å². The highest BCUT2D eigenvalue weighted by Gasteiger charge is 2.23. The van der Waals surface area contributed by atoms with Crippen LogP contribution in [-0.4, -0.2) is 24.8 Å². The van der Waals surface area contributed by atoms with E-state index in [9.17, 15) is 9.59 Å². The fourth-order valence-corrected chi connectivity index (χ4v) is 0.784. The highest BCUT2D eigenvalue weighted by Crippen LogP contribution is 2.07. The van der Waals surface area contributed by atoms with E-state index in [0.29, 0.717) is 0 Å². The SMILES string of the molecule is CCOC(=O)OC(=O)C(N)C(C)CC. The molecule has 0 fully saturated rings. The van der Waals surface area contributed by atoms with Crippen LogP contribution >= 0.6 is 0 Å². The quantitative estimate of drug-likeness (QED) is 0.546. The molecule has 0 rings (SSSR count). The lowest BCUT2D eigenvalue weighted by Crippen LogP contribution is -2.39. The van der Waals surface area contributed by atoms with E-state index in [1.807, 2.05) is 13.8 Å². The summed E-state index contributed by atoms with van der Waals surface area (Å²) in [5.41, 5.74) is 5.53. The van der Waals surface area contributed by atoms with Crippen LogP contribution in [0.2, 0.25) is 0 Å². The molecule has 0 spiro atoms. The first-order chi connectivity index (χ1) is 6.52. The zero-order valence-electron chi connectivity index (χ0n) is 8.78. The number of ether oxygens (including phenoxy) is 2. The Hall–Kier alpha value is -1.10. The van der Waals surface area contributed by atoms with E-state index >= 15 is 0 Å². The minimum absolute atomic E-state index is 0.0167. The molecule has 0 saturated heterocycles. The highest BCUT2D eigenvalue weighted by atomic mass is 16.7. The zero-order valence-corrected chi connectivity index (χ0v) is 8.78. The van der Waals surface area contributed by atoms with Crippen molar-refractivity contribution < 1.29 is 19.1 Å². The van der Waals surface area contributed by atoms with Crippen molar-refractivity contribution in [1.29, 1.82) is 0 Å². The van der Waals surface area contributed by atoms with Crippen molar-refractivity contribution in [2.75, 3.05) is 6.61 Å². The Labute approximate surface area is 83.5 Å². The van der Waals surface area contributed by atoms with Crippen molar-refractivity contribution in [3.8, 4) is 0 Å². The average molecular weight is 203 g/mol. The number of carbonyl (C=O) groups is 2. The van der Waals surface area contributed by atoms with E-state index in [1.54, 1.807) is 6.92 Å². The molecular formula is C9H17NO4. The number of esters is 1. The van der Waals surface area contributed by atoms with Gasteiger partial charge in [0.05, 0.1) is 6.61 Å². The molecule has 14 heavy (non-hydrogen) atoms. The molecular weight excluding hydrogens is 186 g/mol. The van der Waals surface area contributed by atoms with Crippen molar-refractivity contribution in [2.24, 2.45) is 11.7 Å². The van der Waals surface area contributed by atoms with E-state index < -0.39 is 18.2 Å². The smallest absolute Gasteiger partial charge is 0.434 e. The van der Waals surface area contributed by atoms with Gasteiger partial charge in [-0.1, -0.05) is 20.3 Å². The van der Waals surface area contributed by atoms with Gasteiger partial charge in [-0.15, -0.1) is 0 Å². The minimum atomic E-state index is -0.990. The molecule has 0 aromatic carbocycles. The fraction of sp³-hybridized carbons (Fsp3) is 0.778. The van der Waals surface area contributed by atoms with Gasteiger partial charge in [-0.25, -0.2) is 9.59 Å². The summed E-state index contributed by atoms with van der Waals surface area (Å²) >= 11 is 0. The third-order valence-electron chi connectivity index (χ3n) is 1.98. The van der Waals surface area contributed by atoms with E-state index in [4.69, 9.17) is 5.73 Å². The molecule has 0 aliphatic rings. The van der Waals surface area contributed by atoms with Crippen LogP contribution in [-0.2, 0) is 14.3 Å². The molecule has 82 valence electrons. The second-order valence-corrected chi connectivity index (χ2v) is 3.02. The summed E-state index contributed by atoms with van der Waals surface area (Å²) in [6, 6.07) is -0.774. The second-order valence-electron chi connectivity index (χ2n) is 3.02. The maximum Gasteiger partial charge on any atom is 0.516 e. The van der Waals surface area contributed by atoms with Crippen molar-refractivity contribution in [3.63, 3.8) is 0 Å². The molecule has 0 radical (unpaired) electrons. The molecule has 0 bridgehead atoms. The summed E-state index contributed by atoms with van der Waals surface area (Å²) in [5.74, 6) is -0.755. The van der Waals surface area contributed by atoms with Crippen molar-refractivity contribution in [1.82, 2.24) is 0 Å². The summed E-state index contributed by atoms with van der Waals surface area (Å²) in [4.78, 5) is 21.9. The van der Waals surface area contributed by atoms with Crippen molar-refractivity contribution >= 4 is 12.1 Å². The molecule has 2 atom stereocenters. The number of hydrogen-bond donors (Lipinski definition) is 1. The molecule has 0 aromatic rings. The molecule has 0 aliphatic heterocycles. The van der Waals surface area contributed by atoms with Crippen LogP contribution < -0.4 is 5.73 Å². The van der Waals surface area contributed by atoms with Gasteiger partial charge >= 0.3 is 12.1 Å². The van der Waals surface area contributed by atoms with Gasteiger partial charge in [0.15, 0.2) is 0 Å². The zero-order chi connectivity index (χ0) is 11.1. The van der Waals surface area contributed by atoms with E-state index in [0.717, 1.165) is 6.42 Å². The van der Waals surface area contributed by atoms with E-state index in [2.05, 4.69) is 9.47 Å². The molecule has 0 aromatic heterocycles. The first-order valence-corrected chi connectivity index (χ1v) is 4.66. The fourth-order valence-electron chi connectivity index (χ4n) is 0.784. The Bertz CT molecular complexity index is 205. The Morgan fingerprint density at radius 3 is 2.36 bits per heavy atom. The standard InChI is InChI=1S/C9H17NO4/c1-4-6(3)7(10)8(11)14-9(12)13-5-2/h6-7H,4-5,10H2,1-3H3. The molecule has 5 nitrogen and oxygen atoms in total. The maximum absolute atomic E-state index is 11.2. The second kappa shape index (κ2) is 6.37. The predicted octanol–water partition coefficient (Wildman–Crippen LogP) is 1.06. The predicted molar refractivity (Wildman–Crippen MR) is 50.5 cm³/mol. The highest BCUT2D eigenvalue weighted by molar-refractivity contribution is 5.85. The Kier molecular flexibility index (Phi) is 5.87. The van der Waals surface area contributed by atoms with Crippen molar-refractivity contribution in [2.45, 2.75) is 33.2 Å². The Morgan fingerprint density at radius 1 is 1.36 bits per heavy atom. The Morgan fingerprint density at radius 2 is 1.93 bits per heavy atom. The molecule has 2 N–H and O–H groups in total. The summed E-state index contributed by atoms with van der Waals surface area (Å²) < 4.78 is 8.79. The number of carbonyl (C=O) groups excluding carboxylic acids is 2. The lowest BCUT2D eigenvalue weighted by atomic mass is 10.0. The third kappa shape index (κ3) is 4.23. The lowest BCUT2D eigenvalue weighted by molar-refractivity contribution is -0.142. The Balaban J connectivity index is 4.01. The number of hydrogen-bond acceptors (Lipinski definition) is 5. The van der Waals surface area contributed by atoms with Gasteiger partial charge in [-0.2, -0.15) is 0 Å². The summed E-state index contributed by atoms with van der Waals surface area (Å²) in [6.45, 7) is 5.52. The normalized spacial score (nSPS) is 14.3. The van der Waals surface area contributed by atoms with Crippen molar-refractivity contribution in [3.05, 3.63) is 0 Å². The van der Waals surface area contributed by atoms with Gasteiger partial charge < -0.3 is 15.2 Å². The lowest BCUT2D eigenvalue weighted by Gasteiger charge is -2.15. The summed E-state index contributed by atoms with van der Waals surface area (Å²) in [6.07, 6.45) is -0.240.